The Hall–Kier alpha value is -1.85. The molecule has 0 aromatic carbocycles. The van der Waals surface area contributed by atoms with Gasteiger partial charge in [-0.05, 0) is 31.1 Å². The second kappa shape index (κ2) is 2.88. The van der Waals surface area contributed by atoms with Crippen LogP contribution in [0.15, 0.2) is 9.59 Å². The fourth-order valence-corrected chi connectivity index (χ4v) is 3.08. The monoisotopic (exact) mass is 232 g/mol. The number of hydrogen-bond acceptors (Lipinski definition) is 3. The van der Waals surface area contributed by atoms with Crippen LogP contribution in [-0.2, 0) is 0 Å². The van der Waals surface area contributed by atoms with E-state index in [1.54, 1.807) is 0 Å². The number of hydrogen-bond donors (Lipinski definition) is 3. The summed E-state index contributed by atoms with van der Waals surface area (Å²) in [6.45, 7) is 0. The molecule has 0 bridgehead atoms. The van der Waals surface area contributed by atoms with Gasteiger partial charge in [0, 0.05) is 5.92 Å². The highest BCUT2D eigenvalue weighted by Gasteiger charge is 2.47. The lowest BCUT2D eigenvalue weighted by atomic mass is 10.0. The van der Waals surface area contributed by atoms with E-state index in [2.05, 4.69) is 19.9 Å². The average Bonchev–Trinajstić information content (AvgIpc) is 2.76. The quantitative estimate of drug-likeness (QED) is 0.666. The van der Waals surface area contributed by atoms with E-state index in [1.165, 1.54) is 6.42 Å². The topological polar surface area (TPSA) is 94.4 Å². The molecule has 2 aliphatic rings. The fourth-order valence-electron chi connectivity index (χ4n) is 3.08. The van der Waals surface area contributed by atoms with Gasteiger partial charge in [0.25, 0.3) is 5.56 Å². The first kappa shape index (κ1) is 9.21. The lowest BCUT2D eigenvalue weighted by Gasteiger charge is -2.06. The Morgan fingerprint density at radius 2 is 1.76 bits per heavy atom. The summed E-state index contributed by atoms with van der Waals surface area (Å²) in [6, 6.07) is 0. The Kier molecular flexibility index (Phi) is 1.56. The van der Waals surface area contributed by atoms with Gasteiger partial charge in [0.2, 0.25) is 0 Å². The van der Waals surface area contributed by atoms with Crippen molar-refractivity contribution in [3.05, 3.63) is 26.7 Å². The molecule has 2 fully saturated rings. The number of rotatable bonds is 1. The van der Waals surface area contributed by atoms with Gasteiger partial charge in [-0.2, -0.15) is 0 Å². The van der Waals surface area contributed by atoms with Crippen LogP contribution in [0.2, 0.25) is 0 Å². The molecule has 2 aromatic heterocycles. The summed E-state index contributed by atoms with van der Waals surface area (Å²) in [5, 5.41) is 0. The third kappa shape index (κ3) is 1.30. The molecule has 0 radical (unpaired) electrons. The van der Waals surface area contributed by atoms with Gasteiger partial charge in [-0.3, -0.25) is 14.8 Å². The van der Waals surface area contributed by atoms with Crippen molar-refractivity contribution in [2.75, 3.05) is 0 Å². The van der Waals surface area contributed by atoms with Crippen LogP contribution in [0, 0.1) is 11.8 Å². The summed E-state index contributed by atoms with van der Waals surface area (Å²) < 4.78 is 0. The predicted molar refractivity (Wildman–Crippen MR) is 60.9 cm³/mol. The molecule has 3 N–H and O–H groups in total. The van der Waals surface area contributed by atoms with Gasteiger partial charge in [0.1, 0.15) is 11.3 Å². The lowest BCUT2D eigenvalue weighted by Crippen LogP contribution is -2.21. The van der Waals surface area contributed by atoms with Crippen molar-refractivity contribution >= 4 is 11.2 Å². The van der Waals surface area contributed by atoms with Crippen molar-refractivity contribution in [3.8, 4) is 0 Å². The highest BCUT2D eigenvalue weighted by Crippen LogP contribution is 2.57. The maximum absolute atomic E-state index is 11.6. The van der Waals surface area contributed by atoms with E-state index in [-0.39, 0.29) is 0 Å². The molecule has 6 nitrogen and oxygen atoms in total. The first-order chi connectivity index (χ1) is 8.20. The fraction of sp³-hybridized carbons (Fsp3) is 0.545. The molecule has 2 heterocycles. The molecule has 0 spiro atoms. The van der Waals surface area contributed by atoms with E-state index in [9.17, 15) is 9.59 Å². The van der Waals surface area contributed by atoms with Crippen molar-refractivity contribution in [1.82, 2.24) is 19.9 Å². The van der Waals surface area contributed by atoms with Gasteiger partial charge in [0.05, 0.1) is 0 Å². The number of H-pyrrole nitrogens is 3. The molecule has 2 unspecified atom stereocenters. The Labute approximate surface area is 95.5 Å². The normalized spacial score (nSPS) is 30.7. The van der Waals surface area contributed by atoms with Crippen LogP contribution in [0.25, 0.3) is 11.2 Å². The van der Waals surface area contributed by atoms with Gasteiger partial charge in [0.15, 0.2) is 5.65 Å². The molecule has 0 saturated heterocycles. The van der Waals surface area contributed by atoms with Gasteiger partial charge in [-0.25, -0.2) is 9.78 Å². The molecule has 2 aliphatic carbocycles. The Bertz CT molecular complexity index is 700. The van der Waals surface area contributed by atoms with Crippen LogP contribution in [0.1, 0.15) is 31.0 Å². The van der Waals surface area contributed by atoms with Crippen LogP contribution in [0.3, 0.4) is 0 Å². The maximum Gasteiger partial charge on any atom is 0.327 e. The second-order valence-electron chi connectivity index (χ2n) is 5.18. The van der Waals surface area contributed by atoms with Crippen molar-refractivity contribution in [2.45, 2.75) is 25.2 Å². The smallest absolute Gasteiger partial charge is 0.327 e. The molecule has 4 rings (SSSR count). The first-order valence-electron chi connectivity index (χ1n) is 5.93. The molecule has 2 aromatic rings. The largest absolute Gasteiger partial charge is 0.336 e. The van der Waals surface area contributed by atoms with Gasteiger partial charge < -0.3 is 4.98 Å². The summed E-state index contributed by atoms with van der Waals surface area (Å²) in [5.41, 5.74) is -0.157. The highest BCUT2D eigenvalue weighted by molar-refractivity contribution is 5.68. The van der Waals surface area contributed by atoms with E-state index in [0.29, 0.717) is 17.1 Å². The number of aromatic nitrogens is 4. The minimum atomic E-state index is -0.505. The molecule has 0 aliphatic heterocycles. The van der Waals surface area contributed by atoms with Crippen molar-refractivity contribution in [2.24, 2.45) is 11.8 Å². The van der Waals surface area contributed by atoms with Crippen molar-refractivity contribution < 1.29 is 0 Å². The van der Waals surface area contributed by atoms with Crippen LogP contribution in [0.4, 0.5) is 0 Å². The number of nitrogens with zero attached hydrogens (tertiary/aromatic N) is 1. The number of aromatic amines is 3. The minimum Gasteiger partial charge on any atom is -0.336 e. The maximum atomic E-state index is 11.6. The van der Waals surface area contributed by atoms with E-state index in [1.807, 2.05) is 0 Å². The Morgan fingerprint density at radius 3 is 2.53 bits per heavy atom. The summed E-state index contributed by atoms with van der Waals surface area (Å²) in [5.74, 6) is 3.00. The molecule has 17 heavy (non-hydrogen) atoms. The molecular weight excluding hydrogens is 220 g/mol. The van der Waals surface area contributed by atoms with Crippen molar-refractivity contribution in [3.63, 3.8) is 0 Å². The number of nitrogens with one attached hydrogen (secondary N) is 3. The van der Waals surface area contributed by atoms with E-state index < -0.39 is 11.2 Å². The molecular formula is C11H12N4O2. The number of fused-ring (bicyclic) bond motifs is 2. The van der Waals surface area contributed by atoms with E-state index >= 15 is 0 Å². The van der Waals surface area contributed by atoms with Gasteiger partial charge in [-0.15, -0.1) is 0 Å². The zero-order valence-corrected chi connectivity index (χ0v) is 9.12. The van der Waals surface area contributed by atoms with E-state index in [4.69, 9.17) is 0 Å². The Balaban J connectivity index is 1.84. The molecule has 88 valence electrons. The van der Waals surface area contributed by atoms with Gasteiger partial charge >= 0.3 is 5.69 Å². The van der Waals surface area contributed by atoms with Crippen LogP contribution in [-0.4, -0.2) is 19.9 Å². The molecule has 2 atom stereocenters. The molecule has 6 heteroatoms. The Morgan fingerprint density at radius 1 is 1.00 bits per heavy atom. The lowest BCUT2D eigenvalue weighted by molar-refractivity contribution is 0.597. The average molecular weight is 232 g/mol. The third-order valence-electron chi connectivity index (χ3n) is 4.04. The van der Waals surface area contributed by atoms with Crippen LogP contribution < -0.4 is 11.2 Å². The third-order valence-corrected chi connectivity index (χ3v) is 4.04. The first-order valence-corrected chi connectivity index (χ1v) is 5.93. The zero-order chi connectivity index (χ0) is 11.6. The zero-order valence-electron chi connectivity index (χ0n) is 9.12. The number of imidazole rings is 1. The SMILES string of the molecule is O=c1[nH]c(=O)c2[nH]c(C3CC4CC4C3)nc2[nH]1. The standard InChI is InChI=1S/C11H12N4O2/c16-10-7-9(14-11(17)15-10)13-8(12-7)6-2-4-1-5(4)3-6/h4-6H,1-3H2,(H3,12,13,14,15,16,17). The summed E-state index contributed by atoms with van der Waals surface area (Å²) in [7, 11) is 0. The van der Waals surface area contributed by atoms with Gasteiger partial charge in [-0.1, -0.05) is 0 Å². The van der Waals surface area contributed by atoms with E-state index in [0.717, 1.165) is 30.5 Å². The molecule has 2 saturated carbocycles. The van der Waals surface area contributed by atoms with Crippen molar-refractivity contribution in [1.29, 1.82) is 0 Å². The predicted octanol–water partition coefficient (Wildman–Crippen LogP) is 0.453. The highest BCUT2D eigenvalue weighted by atomic mass is 16.2. The summed E-state index contributed by atoms with van der Waals surface area (Å²) in [4.78, 5) is 34.8. The van der Waals surface area contributed by atoms with Crippen LogP contribution in [0.5, 0.6) is 0 Å². The second-order valence-corrected chi connectivity index (χ2v) is 5.18. The summed E-state index contributed by atoms with van der Waals surface area (Å²) in [6.07, 6.45) is 3.67. The molecule has 0 amide bonds. The van der Waals surface area contributed by atoms with Crippen LogP contribution >= 0.6 is 0 Å². The minimum absolute atomic E-state index is 0.370. The summed E-state index contributed by atoms with van der Waals surface area (Å²) >= 11 is 0.